The Morgan fingerprint density at radius 3 is 2.22 bits per heavy atom. The minimum absolute atomic E-state index is 0.0779. The van der Waals surface area contributed by atoms with E-state index in [0.717, 1.165) is 60.3 Å². The second kappa shape index (κ2) is 7.12. The monoisotopic (exact) mass is 487 g/mol. The standard InChI is InChI=1S/C31H30F3N2/c1-16-9-8-10-22-23(16)25-21(15-30(5,6)31(32,33)34)14-20-11-12-35(7)28-24-19(4)17(2)13-18(3)27(24)36(22)29(25)26(20)28/h8-14H,15H2,1-7H3/q+1. The minimum Gasteiger partial charge on any atom is -0.307 e. The molecular weight excluding hydrogens is 457 g/mol. The first-order chi connectivity index (χ1) is 16.8. The summed E-state index contributed by atoms with van der Waals surface area (Å²) < 4.78 is 46.7. The predicted molar refractivity (Wildman–Crippen MR) is 142 cm³/mol. The molecule has 0 saturated carbocycles. The van der Waals surface area contributed by atoms with Crippen molar-refractivity contribution in [2.45, 2.75) is 54.1 Å². The van der Waals surface area contributed by atoms with Gasteiger partial charge >= 0.3 is 6.18 Å². The van der Waals surface area contributed by atoms with Crippen molar-refractivity contribution in [3.8, 4) is 0 Å². The maximum atomic E-state index is 14.1. The summed E-state index contributed by atoms with van der Waals surface area (Å²) in [6.45, 7) is 11.1. The van der Waals surface area contributed by atoms with Crippen LogP contribution in [0.1, 0.15) is 41.7 Å². The van der Waals surface area contributed by atoms with E-state index >= 15 is 0 Å². The third kappa shape index (κ3) is 2.83. The van der Waals surface area contributed by atoms with Gasteiger partial charge in [-0.15, -0.1) is 0 Å². The van der Waals surface area contributed by atoms with Crippen LogP contribution in [0.5, 0.6) is 0 Å². The van der Waals surface area contributed by atoms with Crippen molar-refractivity contribution in [1.82, 2.24) is 4.40 Å². The zero-order valence-corrected chi connectivity index (χ0v) is 21.8. The van der Waals surface area contributed by atoms with Gasteiger partial charge in [-0.25, -0.2) is 4.57 Å². The number of alkyl halides is 3. The van der Waals surface area contributed by atoms with Crippen LogP contribution in [0.25, 0.3) is 49.0 Å². The zero-order valence-electron chi connectivity index (χ0n) is 21.8. The summed E-state index contributed by atoms with van der Waals surface area (Å²) in [5.41, 5.74) is 7.95. The second-order valence-corrected chi connectivity index (χ2v) is 11.2. The molecule has 5 heteroatoms. The van der Waals surface area contributed by atoms with E-state index in [-0.39, 0.29) is 6.42 Å². The molecule has 36 heavy (non-hydrogen) atoms. The zero-order chi connectivity index (χ0) is 25.9. The summed E-state index contributed by atoms with van der Waals surface area (Å²) in [5.74, 6) is 0. The second-order valence-electron chi connectivity index (χ2n) is 11.2. The Morgan fingerprint density at radius 1 is 0.806 bits per heavy atom. The Morgan fingerprint density at radius 2 is 1.53 bits per heavy atom. The molecule has 0 fully saturated rings. The van der Waals surface area contributed by atoms with Crippen LogP contribution < -0.4 is 4.57 Å². The van der Waals surface area contributed by atoms with Gasteiger partial charge in [0.1, 0.15) is 7.05 Å². The lowest BCUT2D eigenvalue weighted by atomic mass is 9.82. The molecule has 184 valence electrons. The molecule has 6 rings (SSSR count). The highest BCUT2D eigenvalue weighted by Crippen LogP contribution is 2.47. The summed E-state index contributed by atoms with van der Waals surface area (Å²) in [7, 11) is 2.06. The molecule has 3 aromatic heterocycles. The van der Waals surface area contributed by atoms with Crippen molar-refractivity contribution in [2.75, 3.05) is 0 Å². The highest BCUT2D eigenvalue weighted by Gasteiger charge is 2.47. The maximum Gasteiger partial charge on any atom is 0.394 e. The van der Waals surface area contributed by atoms with Gasteiger partial charge in [0.25, 0.3) is 0 Å². The van der Waals surface area contributed by atoms with Gasteiger partial charge in [-0.1, -0.05) is 32.0 Å². The van der Waals surface area contributed by atoms with E-state index in [2.05, 4.69) is 61.9 Å². The van der Waals surface area contributed by atoms with E-state index in [0.29, 0.717) is 0 Å². The Kier molecular flexibility index (Phi) is 4.56. The molecule has 0 aliphatic carbocycles. The van der Waals surface area contributed by atoms with Crippen molar-refractivity contribution in [2.24, 2.45) is 12.5 Å². The van der Waals surface area contributed by atoms with Gasteiger partial charge in [-0.2, -0.15) is 13.2 Å². The normalized spacial score (nSPS) is 13.4. The molecule has 0 aliphatic rings. The number of benzene rings is 3. The van der Waals surface area contributed by atoms with E-state index in [9.17, 15) is 13.2 Å². The summed E-state index contributed by atoms with van der Waals surface area (Å²) in [4.78, 5) is 0. The predicted octanol–water partition coefficient (Wildman–Crippen LogP) is 8.18. The Labute approximate surface area is 208 Å². The lowest BCUT2D eigenvalue weighted by Crippen LogP contribution is -2.34. The van der Waals surface area contributed by atoms with E-state index in [4.69, 9.17) is 0 Å². The number of hydrogen-bond donors (Lipinski definition) is 0. The Balaban J connectivity index is 1.98. The molecule has 0 saturated heterocycles. The average molecular weight is 488 g/mol. The Bertz CT molecular complexity index is 1870. The lowest BCUT2D eigenvalue weighted by Gasteiger charge is -2.28. The number of halogens is 3. The van der Waals surface area contributed by atoms with Gasteiger partial charge in [0, 0.05) is 16.8 Å². The van der Waals surface area contributed by atoms with E-state index in [1.807, 2.05) is 24.4 Å². The van der Waals surface area contributed by atoms with Gasteiger partial charge < -0.3 is 4.40 Å². The van der Waals surface area contributed by atoms with Gasteiger partial charge in [-0.05, 0) is 79.5 Å². The number of aromatic nitrogens is 2. The van der Waals surface area contributed by atoms with Crippen molar-refractivity contribution < 1.29 is 17.7 Å². The van der Waals surface area contributed by atoms with Gasteiger partial charge in [0.2, 0.25) is 5.52 Å². The van der Waals surface area contributed by atoms with Crippen LogP contribution in [0.15, 0.2) is 42.6 Å². The summed E-state index contributed by atoms with van der Waals surface area (Å²) >= 11 is 0. The van der Waals surface area contributed by atoms with E-state index in [1.165, 1.54) is 30.4 Å². The van der Waals surface area contributed by atoms with Gasteiger partial charge in [0.05, 0.1) is 32.7 Å². The van der Waals surface area contributed by atoms with Gasteiger partial charge in [-0.3, -0.25) is 0 Å². The molecule has 0 amide bonds. The van der Waals surface area contributed by atoms with Crippen LogP contribution in [0.2, 0.25) is 0 Å². The quantitative estimate of drug-likeness (QED) is 0.132. The first kappa shape index (κ1) is 23.1. The van der Waals surface area contributed by atoms with Crippen molar-refractivity contribution in [3.63, 3.8) is 0 Å². The number of pyridine rings is 2. The molecule has 0 spiro atoms. The third-order valence-corrected chi connectivity index (χ3v) is 8.32. The van der Waals surface area contributed by atoms with Crippen LogP contribution in [-0.4, -0.2) is 10.6 Å². The average Bonchev–Trinajstić information content (AvgIpc) is 3.14. The first-order valence-corrected chi connectivity index (χ1v) is 12.4. The highest BCUT2D eigenvalue weighted by atomic mass is 19.4. The van der Waals surface area contributed by atoms with Crippen LogP contribution in [0.4, 0.5) is 13.2 Å². The number of aryl methyl sites for hydroxylation is 5. The van der Waals surface area contributed by atoms with Crippen LogP contribution in [0, 0.1) is 33.1 Å². The van der Waals surface area contributed by atoms with Crippen molar-refractivity contribution >= 4 is 49.0 Å². The van der Waals surface area contributed by atoms with Crippen molar-refractivity contribution in [3.05, 3.63) is 70.4 Å². The molecule has 0 radical (unpaired) electrons. The number of nitrogens with zero attached hydrogens (tertiary/aromatic N) is 2. The summed E-state index contributed by atoms with van der Waals surface area (Å²) in [6.07, 6.45) is -2.34. The van der Waals surface area contributed by atoms with Gasteiger partial charge in [0.15, 0.2) is 6.20 Å². The minimum atomic E-state index is -4.30. The topological polar surface area (TPSA) is 8.29 Å². The number of hydrogen-bond acceptors (Lipinski definition) is 0. The highest BCUT2D eigenvalue weighted by molar-refractivity contribution is 6.28. The molecule has 3 aromatic carbocycles. The largest absolute Gasteiger partial charge is 0.394 e. The first-order valence-electron chi connectivity index (χ1n) is 12.4. The smallest absolute Gasteiger partial charge is 0.307 e. The molecule has 6 aromatic rings. The Hall–Kier alpha value is -3.34. The lowest BCUT2D eigenvalue weighted by molar-refractivity contribution is -0.643. The SMILES string of the molecule is Cc1cc(C)c2c(c1C)c1c3c(cc[n+]1C)cc(CC(C)(C)C(F)(F)F)c1c4c(C)cccc4n2c13. The fraction of sp³-hybridized carbons (Fsp3) is 0.323. The molecule has 0 N–H and O–H groups in total. The molecule has 3 heterocycles. The molecule has 0 unspecified atom stereocenters. The van der Waals surface area contributed by atoms with Crippen molar-refractivity contribution in [1.29, 1.82) is 0 Å². The third-order valence-electron chi connectivity index (χ3n) is 8.32. The maximum absolute atomic E-state index is 14.1. The summed E-state index contributed by atoms with van der Waals surface area (Å²) in [6, 6.07) is 12.5. The van der Waals surface area contributed by atoms with E-state index in [1.54, 1.807) is 0 Å². The number of rotatable bonds is 2. The van der Waals surface area contributed by atoms with Crippen LogP contribution in [-0.2, 0) is 13.5 Å². The fourth-order valence-electron chi connectivity index (χ4n) is 6.26. The van der Waals surface area contributed by atoms with Crippen LogP contribution >= 0.6 is 0 Å². The van der Waals surface area contributed by atoms with E-state index < -0.39 is 11.6 Å². The molecule has 0 aliphatic heterocycles. The molecule has 0 bridgehead atoms. The number of fused-ring (bicyclic) bond motifs is 6. The molecule has 0 atom stereocenters. The summed E-state index contributed by atoms with van der Waals surface area (Å²) in [5, 5.41) is 5.29. The molecular formula is C31H30F3N2+. The van der Waals surface area contributed by atoms with Crippen LogP contribution in [0.3, 0.4) is 0 Å². The molecule has 2 nitrogen and oxygen atoms in total. The fourth-order valence-corrected chi connectivity index (χ4v) is 6.26.